The van der Waals surface area contributed by atoms with Gasteiger partial charge in [0.2, 0.25) is 5.88 Å². The lowest BCUT2D eigenvalue weighted by molar-refractivity contribution is -0.927. The average Bonchev–Trinajstić information content (AvgIpc) is 2.73. The predicted octanol–water partition coefficient (Wildman–Crippen LogP) is 1.77. The summed E-state index contributed by atoms with van der Waals surface area (Å²) in [5.74, 6) is -0.00530. The van der Waals surface area contributed by atoms with E-state index in [1.807, 2.05) is 28.8 Å². The number of hydrogen-bond acceptors (Lipinski definition) is 3. The van der Waals surface area contributed by atoms with Gasteiger partial charge in [-0.2, -0.15) is 0 Å². The fourth-order valence-corrected chi connectivity index (χ4v) is 2.96. The van der Waals surface area contributed by atoms with Crippen LogP contribution in [0.2, 0.25) is 0 Å². The molecule has 0 bridgehead atoms. The molecule has 100 valence electrons. The van der Waals surface area contributed by atoms with Gasteiger partial charge in [0, 0.05) is 5.39 Å². The number of aromatic nitrogens is 1. The molecule has 0 aliphatic carbocycles. The van der Waals surface area contributed by atoms with E-state index in [9.17, 15) is 10.0 Å². The number of nitrogens with one attached hydrogen (secondary N) is 1. The zero-order valence-electron chi connectivity index (χ0n) is 10.8. The number of rotatable bonds is 3. The molecule has 5 heteroatoms. The Kier molecular flexibility index (Phi) is 3.21. The molecule has 1 aromatic heterocycles. The molecular formula is C14H18N3O2+. The summed E-state index contributed by atoms with van der Waals surface area (Å²) in [4.78, 5) is 12.4. The second kappa shape index (κ2) is 5.01. The first-order chi connectivity index (χ1) is 9.31. The predicted molar refractivity (Wildman–Crippen MR) is 73.6 cm³/mol. The third-order valence-electron chi connectivity index (χ3n) is 3.95. The largest absolute Gasteiger partial charge is 0.493 e. The van der Waals surface area contributed by atoms with E-state index in [2.05, 4.69) is 5.18 Å². The van der Waals surface area contributed by atoms with Crippen LogP contribution in [-0.4, -0.2) is 22.8 Å². The SMILES string of the molecule is O=Nc1c(O)n(C[NH+]2CCCCC2)c2ccccc12. The number of nitroso groups, excluding NO2 is 1. The molecule has 0 atom stereocenters. The molecule has 1 aromatic carbocycles. The van der Waals surface area contributed by atoms with Crippen LogP contribution in [-0.2, 0) is 6.67 Å². The van der Waals surface area contributed by atoms with E-state index in [0.717, 1.165) is 24.0 Å². The molecule has 2 heterocycles. The van der Waals surface area contributed by atoms with Gasteiger partial charge in [-0.25, -0.2) is 0 Å². The second-order valence-electron chi connectivity index (χ2n) is 5.18. The number of nitrogens with zero attached hydrogens (tertiary/aromatic N) is 2. The maximum Gasteiger partial charge on any atom is 0.226 e. The van der Waals surface area contributed by atoms with Crippen molar-refractivity contribution in [1.82, 2.24) is 4.57 Å². The molecule has 0 saturated carbocycles. The molecule has 2 aromatic rings. The van der Waals surface area contributed by atoms with Crippen molar-refractivity contribution in [3.63, 3.8) is 0 Å². The fraction of sp³-hybridized carbons (Fsp3) is 0.429. The highest BCUT2D eigenvalue weighted by Crippen LogP contribution is 2.37. The quantitative estimate of drug-likeness (QED) is 0.826. The number of fused-ring (bicyclic) bond motifs is 1. The molecule has 3 rings (SSSR count). The van der Waals surface area contributed by atoms with Gasteiger partial charge in [0.05, 0.1) is 18.6 Å². The molecule has 0 radical (unpaired) electrons. The van der Waals surface area contributed by atoms with E-state index in [1.54, 1.807) is 0 Å². The summed E-state index contributed by atoms with van der Waals surface area (Å²) in [5, 5.41) is 13.9. The van der Waals surface area contributed by atoms with Crippen molar-refractivity contribution in [2.75, 3.05) is 13.1 Å². The zero-order valence-corrected chi connectivity index (χ0v) is 10.8. The Morgan fingerprint density at radius 3 is 2.68 bits per heavy atom. The summed E-state index contributed by atoms with van der Waals surface area (Å²) in [6, 6.07) is 7.52. The normalized spacial score (nSPS) is 16.8. The summed E-state index contributed by atoms with van der Waals surface area (Å²) in [6.07, 6.45) is 3.76. The van der Waals surface area contributed by atoms with Crippen molar-refractivity contribution >= 4 is 16.6 Å². The Hall–Kier alpha value is -1.88. The lowest BCUT2D eigenvalue weighted by atomic mass is 10.1. The number of hydrogen-bond donors (Lipinski definition) is 2. The minimum atomic E-state index is -0.00530. The van der Waals surface area contributed by atoms with E-state index < -0.39 is 0 Å². The lowest BCUT2D eigenvalue weighted by Gasteiger charge is -2.24. The summed E-state index contributed by atoms with van der Waals surface area (Å²) in [5.41, 5.74) is 1.04. The maximum atomic E-state index is 10.9. The first kappa shape index (κ1) is 12.2. The van der Waals surface area contributed by atoms with Gasteiger partial charge in [0.15, 0.2) is 12.4 Å². The Morgan fingerprint density at radius 2 is 1.95 bits per heavy atom. The van der Waals surface area contributed by atoms with Gasteiger partial charge in [0.25, 0.3) is 0 Å². The summed E-state index contributed by atoms with van der Waals surface area (Å²) < 4.78 is 1.81. The first-order valence-corrected chi connectivity index (χ1v) is 6.78. The van der Waals surface area contributed by atoms with E-state index >= 15 is 0 Å². The molecule has 19 heavy (non-hydrogen) atoms. The minimum Gasteiger partial charge on any atom is -0.493 e. The van der Waals surface area contributed by atoms with Gasteiger partial charge in [-0.1, -0.05) is 18.2 Å². The smallest absolute Gasteiger partial charge is 0.226 e. The molecular weight excluding hydrogens is 242 g/mol. The van der Waals surface area contributed by atoms with Crippen LogP contribution in [0.3, 0.4) is 0 Å². The van der Waals surface area contributed by atoms with Gasteiger partial charge in [0.1, 0.15) is 0 Å². The van der Waals surface area contributed by atoms with Gasteiger partial charge in [-0.15, -0.1) is 4.91 Å². The molecule has 0 unspecified atom stereocenters. The zero-order chi connectivity index (χ0) is 13.2. The van der Waals surface area contributed by atoms with E-state index in [-0.39, 0.29) is 11.6 Å². The number of aromatic hydroxyl groups is 1. The number of quaternary nitrogens is 1. The molecule has 2 N–H and O–H groups in total. The standard InChI is InChI=1S/C14H17N3O2/c18-14-13(15-19)11-6-2-3-7-12(11)17(14)10-16-8-4-1-5-9-16/h2-3,6-7,18H,1,4-5,8-10H2/p+1. The highest BCUT2D eigenvalue weighted by molar-refractivity contribution is 5.94. The maximum absolute atomic E-state index is 10.9. The van der Waals surface area contributed by atoms with Crippen molar-refractivity contribution in [2.45, 2.75) is 25.9 Å². The van der Waals surface area contributed by atoms with Crippen molar-refractivity contribution in [3.05, 3.63) is 29.2 Å². The Bertz CT molecular complexity index is 600. The number of para-hydroxylation sites is 1. The summed E-state index contributed by atoms with van der Waals surface area (Å²) in [7, 11) is 0. The van der Waals surface area contributed by atoms with E-state index in [4.69, 9.17) is 0 Å². The van der Waals surface area contributed by atoms with Crippen molar-refractivity contribution in [1.29, 1.82) is 0 Å². The molecule has 1 aliphatic heterocycles. The summed E-state index contributed by atoms with van der Waals surface area (Å²) in [6.45, 7) is 2.94. The van der Waals surface area contributed by atoms with Gasteiger partial charge < -0.3 is 10.0 Å². The topological polar surface area (TPSA) is 59.0 Å². The van der Waals surface area contributed by atoms with Crippen molar-refractivity contribution < 1.29 is 10.0 Å². The Balaban J connectivity index is 2.02. The van der Waals surface area contributed by atoms with Crippen LogP contribution in [0.15, 0.2) is 29.4 Å². The highest BCUT2D eigenvalue weighted by atomic mass is 16.3. The minimum absolute atomic E-state index is 0.00530. The Morgan fingerprint density at radius 1 is 1.21 bits per heavy atom. The van der Waals surface area contributed by atoms with Gasteiger partial charge in [-0.05, 0) is 30.5 Å². The highest BCUT2D eigenvalue weighted by Gasteiger charge is 2.21. The molecule has 0 amide bonds. The number of benzene rings is 1. The van der Waals surface area contributed by atoms with E-state index in [0.29, 0.717) is 6.67 Å². The second-order valence-corrected chi connectivity index (χ2v) is 5.18. The van der Waals surface area contributed by atoms with Crippen LogP contribution in [0.5, 0.6) is 5.88 Å². The molecule has 1 fully saturated rings. The molecule has 0 spiro atoms. The average molecular weight is 260 g/mol. The van der Waals surface area contributed by atoms with Gasteiger partial charge >= 0.3 is 0 Å². The van der Waals surface area contributed by atoms with Gasteiger partial charge in [-0.3, -0.25) is 4.57 Å². The van der Waals surface area contributed by atoms with E-state index in [1.165, 1.54) is 24.2 Å². The van der Waals surface area contributed by atoms with Crippen molar-refractivity contribution in [2.24, 2.45) is 5.18 Å². The van der Waals surface area contributed by atoms with Crippen LogP contribution < -0.4 is 4.90 Å². The molecule has 1 aliphatic rings. The van der Waals surface area contributed by atoms with Crippen LogP contribution in [0.25, 0.3) is 10.9 Å². The fourth-order valence-electron chi connectivity index (χ4n) is 2.96. The van der Waals surface area contributed by atoms with Crippen LogP contribution in [0, 0.1) is 4.91 Å². The molecule has 5 nitrogen and oxygen atoms in total. The van der Waals surface area contributed by atoms with Crippen molar-refractivity contribution in [3.8, 4) is 5.88 Å². The Labute approximate surface area is 111 Å². The first-order valence-electron chi connectivity index (χ1n) is 6.78. The van der Waals surface area contributed by atoms with Crippen LogP contribution in [0.4, 0.5) is 5.69 Å². The third-order valence-corrected chi connectivity index (χ3v) is 3.95. The van der Waals surface area contributed by atoms with Crippen LogP contribution in [0.1, 0.15) is 19.3 Å². The summed E-state index contributed by atoms with van der Waals surface area (Å²) >= 11 is 0. The number of likely N-dealkylation sites (tertiary alicyclic amines) is 1. The number of piperidine rings is 1. The van der Waals surface area contributed by atoms with Crippen LogP contribution >= 0.6 is 0 Å². The monoisotopic (exact) mass is 260 g/mol. The molecule has 1 saturated heterocycles. The lowest BCUT2D eigenvalue weighted by Crippen LogP contribution is -3.12. The third kappa shape index (κ3) is 2.10.